The number of amides is 3. The number of rotatable bonds is 8. The molecule has 3 N–H and O–H groups in total. The van der Waals surface area contributed by atoms with Gasteiger partial charge in [0, 0.05) is 35.2 Å². The highest BCUT2D eigenvalue weighted by Gasteiger charge is 2.22. The first-order chi connectivity index (χ1) is 15.2. The van der Waals surface area contributed by atoms with Gasteiger partial charge in [0.05, 0.1) is 17.1 Å². The lowest BCUT2D eigenvalue weighted by Crippen LogP contribution is -2.45. The van der Waals surface area contributed by atoms with Gasteiger partial charge in [-0.2, -0.15) is 0 Å². The van der Waals surface area contributed by atoms with Crippen LogP contribution in [0, 0.1) is 5.82 Å². The number of primary amides is 1. The minimum atomic E-state index is -0.587. The third kappa shape index (κ3) is 5.08. The van der Waals surface area contributed by atoms with Crippen molar-refractivity contribution in [3.63, 3.8) is 0 Å². The Balaban J connectivity index is 1.71. The number of carbonyl (C=O) groups excluding carboxylic acids is 3. The molecule has 9 heteroatoms. The summed E-state index contributed by atoms with van der Waals surface area (Å²) in [5.74, 6) is -1.90. The maximum atomic E-state index is 14.0. The van der Waals surface area contributed by atoms with Crippen LogP contribution in [0.25, 0.3) is 10.9 Å². The summed E-state index contributed by atoms with van der Waals surface area (Å²) in [6, 6.07) is 11.4. The lowest BCUT2D eigenvalue weighted by atomic mass is 10.2. The van der Waals surface area contributed by atoms with Gasteiger partial charge in [-0.1, -0.05) is 41.9 Å². The summed E-state index contributed by atoms with van der Waals surface area (Å²) in [6.45, 7) is 3.28. The molecule has 3 amide bonds. The van der Waals surface area contributed by atoms with E-state index in [9.17, 15) is 18.8 Å². The van der Waals surface area contributed by atoms with Gasteiger partial charge in [0.25, 0.3) is 5.91 Å². The Morgan fingerprint density at radius 1 is 1.16 bits per heavy atom. The minimum Gasteiger partial charge on any atom is -0.366 e. The van der Waals surface area contributed by atoms with Gasteiger partial charge < -0.3 is 20.5 Å². The van der Waals surface area contributed by atoms with Crippen LogP contribution in [0.5, 0.6) is 0 Å². The molecule has 2 aromatic carbocycles. The van der Waals surface area contributed by atoms with Gasteiger partial charge >= 0.3 is 0 Å². The van der Waals surface area contributed by atoms with E-state index in [2.05, 4.69) is 5.32 Å². The van der Waals surface area contributed by atoms with Crippen LogP contribution in [0.15, 0.2) is 48.7 Å². The molecule has 168 valence electrons. The van der Waals surface area contributed by atoms with Gasteiger partial charge in [-0.05, 0) is 26.0 Å². The number of nitrogens with zero attached hydrogens (tertiary/aromatic N) is 2. The van der Waals surface area contributed by atoms with Crippen LogP contribution >= 0.6 is 11.6 Å². The third-order valence-electron chi connectivity index (χ3n) is 5.12. The first kappa shape index (κ1) is 23.3. The minimum absolute atomic E-state index is 0.0231. The number of benzene rings is 2. The standard InChI is InChI=1S/C23H24ClFN4O3/c1-14(2)29(12-20(30)27-10-15-6-5-8-18(24)22(15)25)21(31)13-28-11-17(23(26)32)16-7-3-4-9-19(16)28/h3-9,11,14H,10,12-13H2,1-2H3,(H2,26,32)(H,27,30). The fourth-order valence-corrected chi connectivity index (χ4v) is 3.65. The summed E-state index contributed by atoms with van der Waals surface area (Å²) in [6.07, 6.45) is 1.55. The summed E-state index contributed by atoms with van der Waals surface area (Å²) in [4.78, 5) is 38.7. The lowest BCUT2D eigenvalue weighted by Gasteiger charge is -2.26. The monoisotopic (exact) mass is 458 g/mol. The maximum absolute atomic E-state index is 14.0. The van der Waals surface area contributed by atoms with E-state index in [0.29, 0.717) is 16.5 Å². The Morgan fingerprint density at radius 3 is 2.56 bits per heavy atom. The predicted molar refractivity (Wildman–Crippen MR) is 121 cm³/mol. The molecule has 1 aromatic heterocycles. The lowest BCUT2D eigenvalue weighted by molar-refractivity contribution is -0.138. The first-order valence-corrected chi connectivity index (χ1v) is 10.4. The zero-order chi connectivity index (χ0) is 23.4. The molecule has 3 aromatic rings. The average Bonchev–Trinajstić information content (AvgIpc) is 3.11. The van der Waals surface area contributed by atoms with Gasteiger partial charge in [0.2, 0.25) is 11.8 Å². The van der Waals surface area contributed by atoms with Gasteiger partial charge in [-0.15, -0.1) is 0 Å². The molecule has 0 aliphatic carbocycles. The Kier molecular flexibility index (Phi) is 7.15. The second-order valence-electron chi connectivity index (χ2n) is 7.66. The van der Waals surface area contributed by atoms with Crippen LogP contribution in [0.3, 0.4) is 0 Å². The maximum Gasteiger partial charge on any atom is 0.250 e. The largest absolute Gasteiger partial charge is 0.366 e. The molecule has 0 spiro atoms. The number of aromatic nitrogens is 1. The molecule has 0 atom stereocenters. The molecule has 0 unspecified atom stereocenters. The van der Waals surface area contributed by atoms with Crippen molar-refractivity contribution < 1.29 is 18.8 Å². The van der Waals surface area contributed by atoms with Gasteiger partial charge in [-0.25, -0.2) is 4.39 Å². The molecule has 0 aliphatic rings. The average molecular weight is 459 g/mol. The van der Waals surface area contributed by atoms with Crippen LogP contribution in [0.4, 0.5) is 4.39 Å². The van der Waals surface area contributed by atoms with E-state index >= 15 is 0 Å². The predicted octanol–water partition coefficient (Wildman–Crippen LogP) is 3.09. The molecule has 32 heavy (non-hydrogen) atoms. The van der Waals surface area contributed by atoms with Crippen LogP contribution < -0.4 is 11.1 Å². The van der Waals surface area contributed by atoms with Crippen molar-refractivity contribution in [2.45, 2.75) is 33.0 Å². The van der Waals surface area contributed by atoms with Crippen LogP contribution in [0.1, 0.15) is 29.8 Å². The Labute approximate surface area is 189 Å². The number of nitrogens with two attached hydrogens (primary N) is 1. The molecular weight excluding hydrogens is 435 g/mol. The Hall–Kier alpha value is -3.39. The fourth-order valence-electron chi connectivity index (χ4n) is 3.46. The highest BCUT2D eigenvalue weighted by atomic mass is 35.5. The number of hydrogen-bond donors (Lipinski definition) is 2. The number of nitrogens with one attached hydrogen (secondary N) is 1. The molecular formula is C23H24ClFN4O3. The van der Waals surface area contributed by atoms with Crippen molar-refractivity contribution in [2.75, 3.05) is 6.54 Å². The van der Waals surface area contributed by atoms with Gasteiger partial charge in [0.1, 0.15) is 12.4 Å². The van der Waals surface area contributed by atoms with Crippen molar-refractivity contribution in [1.82, 2.24) is 14.8 Å². The molecule has 0 saturated heterocycles. The van der Waals surface area contributed by atoms with Gasteiger partial charge in [-0.3, -0.25) is 14.4 Å². The second kappa shape index (κ2) is 9.82. The molecule has 0 aliphatic heterocycles. The van der Waals surface area contributed by atoms with Crippen LogP contribution in [0.2, 0.25) is 5.02 Å². The first-order valence-electron chi connectivity index (χ1n) is 10.1. The highest BCUT2D eigenvalue weighted by molar-refractivity contribution is 6.30. The molecule has 0 bridgehead atoms. The summed E-state index contributed by atoms with van der Waals surface area (Å²) < 4.78 is 15.7. The fraction of sp³-hybridized carbons (Fsp3) is 0.261. The van der Waals surface area contributed by atoms with E-state index in [0.717, 1.165) is 0 Å². The number of hydrogen-bond acceptors (Lipinski definition) is 3. The third-order valence-corrected chi connectivity index (χ3v) is 5.42. The molecule has 0 saturated carbocycles. The van der Waals surface area contributed by atoms with Crippen LogP contribution in [-0.4, -0.2) is 39.8 Å². The SMILES string of the molecule is CC(C)N(CC(=O)NCc1cccc(Cl)c1F)C(=O)Cn1cc(C(N)=O)c2ccccc21. The molecule has 0 fully saturated rings. The van der Waals surface area contributed by atoms with Gasteiger partial charge in [0.15, 0.2) is 0 Å². The normalized spacial score (nSPS) is 11.0. The molecule has 3 rings (SSSR count). The Morgan fingerprint density at radius 2 is 1.88 bits per heavy atom. The van der Waals surface area contributed by atoms with Crippen LogP contribution in [-0.2, 0) is 22.7 Å². The van der Waals surface area contributed by atoms with Crippen molar-refractivity contribution >= 4 is 40.2 Å². The number of fused-ring (bicyclic) bond motifs is 1. The molecule has 0 radical (unpaired) electrons. The van der Waals surface area contributed by atoms with E-state index < -0.39 is 17.6 Å². The van der Waals surface area contributed by atoms with Crippen molar-refractivity contribution in [1.29, 1.82) is 0 Å². The van der Waals surface area contributed by atoms with Crippen molar-refractivity contribution in [2.24, 2.45) is 5.73 Å². The molecule has 1 heterocycles. The number of carbonyl (C=O) groups is 3. The Bertz CT molecular complexity index is 1180. The summed E-state index contributed by atoms with van der Waals surface area (Å²) in [5.41, 5.74) is 6.74. The summed E-state index contributed by atoms with van der Waals surface area (Å²) in [5, 5.41) is 3.25. The second-order valence-corrected chi connectivity index (χ2v) is 8.06. The smallest absolute Gasteiger partial charge is 0.250 e. The van der Waals surface area contributed by atoms with E-state index in [1.54, 1.807) is 54.9 Å². The number of halogens is 2. The zero-order valence-corrected chi connectivity index (χ0v) is 18.5. The van der Waals surface area contributed by atoms with E-state index in [1.165, 1.54) is 17.0 Å². The van der Waals surface area contributed by atoms with Crippen molar-refractivity contribution in [3.05, 3.63) is 70.6 Å². The topological polar surface area (TPSA) is 97.4 Å². The van der Waals surface area contributed by atoms with E-state index in [1.807, 2.05) is 0 Å². The van der Waals surface area contributed by atoms with E-state index in [-0.39, 0.29) is 42.2 Å². The zero-order valence-electron chi connectivity index (χ0n) is 17.8. The number of para-hydroxylation sites is 1. The highest BCUT2D eigenvalue weighted by Crippen LogP contribution is 2.21. The summed E-state index contributed by atoms with van der Waals surface area (Å²) >= 11 is 5.76. The van der Waals surface area contributed by atoms with E-state index in [4.69, 9.17) is 17.3 Å². The quantitative estimate of drug-likeness (QED) is 0.542. The molecule has 7 nitrogen and oxygen atoms in total. The summed E-state index contributed by atoms with van der Waals surface area (Å²) in [7, 11) is 0. The van der Waals surface area contributed by atoms with Crippen molar-refractivity contribution in [3.8, 4) is 0 Å².